The molecule has 0 spiro atoms. The highest BCUT2D eigenvalue weighted by molar-refractivity contribution is 7.89. The van der Waals surface area contributed by atoms with E-state index in [9.17, 15) is 13.2 Å². The number of rotatable bonds is 7. The van der Waals surface area contributed by atoms with Crippen LogP contribution in [-0.4, -0.2) is 62.9 Å². The van der Waals surface area contributed by atoms with Gasteiger partial charge in [0, 0.05) is 24.2 Å². The van der Waals surface area contributed by atoms with E-state index in [1.165, 1.54) is 4.31 Å². The molecule has 7 nitrogen and oxygen atoms in total. The maximum Gasteiger partial charge on any atom is 0.214 e. The highest BCUT2D eigenvalue weighted by atomic mass is 32.2. The summed E-state index contributed by atoms with van der Waals surface area (Å²) in [4.78, 5) is 15.2. The summed E-state index contributed by atoms with van der Waals surface area (Å²) in [6.45, 7) is 0.634. The molecule has 0 bridgehead atoms. The van der Waals surface area contributed by atoms with E-state index < -0.39 is 10.0 Å². The second kappa shape index (κ2) is 11.0. The summed E-state index contributed by atoms with van der Waals surface area (Å²) in [5.74, 6) is -0.221. The number of carbonyl (C=O) groups is 1. The molecule has 1 fully saturated rings. The summed E-state index contributed by atoms with van der Waals surface area (Å²) < 4.78 is 27.6. The van der Waals surface area contributed by atoms with Crippen molar-refractivity contribution in [3.05, 3.63) is 81.9 Å². The van der Waals surface area contributed by atoms with Gasteiger partial charge >= 0.3 is 0 Å². The first-order valence-electron chi connectivity index (χ1n) is 10.8. The van der Waals surface area contributed by atoms with Gasteiger partial charge in [0.05, 0.1) is 29.0 Å². The second-order valence-corrected chi connectivity index (χ2v) is 10.5. The standard InChI is InChI=1S/C26H26N4O3S/c1-29(2)12-3-13-34(32,33)30-18-24(14-20-4-8-22(16-27)9-5-20)26(31)25(19-30)15-21-6-10-23(17-28)11-7-21/h4-11,14-15H,3,12-13,18-19H2,1-2H3/b24-14-,25-15+. The summed E-state index contributed by atoms with van der Waals surface area (Å²) in [7, 11) is 0.196. The molecule has 2 aromatic rings. The normalized spacial score (nSPS) is 17.1. The first-order chi connectivity index (χ1) is 16.2. The Morgan fingerprint density at radius 3 is 1.71 bits per heavy atom. The zero-order chi connectivity index (χ0) is 24.7. The van der Waals surface area contributed by atoms with E-state index in [2.05, 4.69) is 12.1 Å². The van der Waals surface area contributed by atoms with Crippen molar-refractivity contribution in [1.82, 2.24) is 9.21 Å². The number of nitriles is 2. The fraction of sp³-hybridized carbons (Fsp3) is 0.269. The molecular formula is C26H26N4O3S. The highest BCUT2D eigenvalue weighted by Gasteiger charge is 2.33. The van der Waals surface area contributed by atoms with Crippen LogP contribution in [-0.2, 0) is 14.8 Å². The van der Waals surface area contributed by atoms with E-state index in [0.29, 0.717) is 46.4 Å². The zero-order valence-corrected chi connectivity index (χ0v) is 20.0. The van der Waals surface area contributed by atoms with Gasteiger partial charge in [-0.15, -0.1) is 0 Å². The summed E-state index contributed by atoms with van der Waals surface area (Å²) in [6, 6.07) is 17.7. The van der Waals surface area contributed by atoms with Gasteiger partial charge in [0.2, 0.25) is 10.0 Å². The van der Waals surface area contributed by atoms with Gasteiger partial charge in [-0.1, -0.05) is 24.3 Å². The molecule has 1 aliphatic rings. The van der Waals surface area contributed by atoms with Crippen LogP contribution in [0.25, 0.3) is 12.2 Å². The third-order valence-corrected chi connectivity index (χ3v) is 7.29. The van der Waals surface area contributed by atoms with Crippen LogP contribution in [0.3, 0.4) is 0 Å². The molecule has 2 aromatic carbocycles. The van der Waals surface area contributed by atoms with E-state index in [1.54, 1.807) is 60.7 Å². The SMILES string of the molecule is CN(C)CCCS(=O)(=O)N1C/C(=C/c2ccc(C#N)cc2)C(=O)/C(=C/c2ccc(C#N)cc2)C1. The minimum Gasteiger partial charge on any atom is -0.309 e. The van der Waals surface area contributed by atoms with Gasteiger partial charge in [0.15, 0.2) is 5.78 Å². The maximum atomic E-state index is 13.3. The third kappa shape index (κ3) is 6.49. The van der Waals surface area contributed by atoms with Crippen LogP contribution in [0.2, 0.25) is 0 Å². The predicted molar refractivity (Wildman–Crippen MR) is 132 cm³/mol. The molecular weight excluding hydrogens is 448 g/mol. The molecule has 0 amide bonds. The molecule has 1 aliphatic heterocycles. The van der Waals surface area contributed by atoms with Crippen molar-refractivity contribution in [3.8, 4) is 12.1 Å². The molecule has 174 valence electrons. The van der Waals surface area contributed by atoms with Crippen molar-refractivity contribution in [2.75, 3.05) is 39.5 Å². The average molecular weight is 475 g/mol. The maximum absolute atomic E-state index is 13.3. The van der Waals surface area contributed by atoms with Crippen molar-refractivity contribution in [2.45, 2.75) is 6.42 Å². The number of ketones is 1. The molecule has 34 heavy (non-hydrogen) atoms. The predicted octanol–water partition coefficient (Wildman–Crippen LogP) is 3.06. The Kier molecular flexibility index (Phi) is 8.14. The number of hydrogen-bond donors (Lipinski definition) is 0. The minimum absolute atomic E-state index is 0.00611. The first kappa shape index (κ1) is 25.1. The smallest absolute Gasteiger partial charge is 0.214 e. The van der Waals surface area contributed by atoms with E-state index in [-0.39, 0.29) is 24.6 Å². The Balaban J connectivity index is 1.96. The molecule has 0 unspecified atom stereocenters. The lowest BCUT2D eigenvalue weighted by atomic mass is 9.95. The summed E-state index contributed by atoms with van der Waals surface area (Å²) in [5.41, 5.74) is 3.17. The lowest BCUT2D eigenvalue weighted by Crippen LogP contribution is -2.42. The largest absolute Gasteiger partial charge is 0.309 e. The van der Waals surface area contributed by atoms with Gasteiger partial charge in [0.25, 0.3) is 0 Å². The Morgan fingerprint density at radius 1 is 0.882 bits per heavy atom. The van der Waals surface area contributed by atoms with Gasteiger partial charge < -0.3 is 4.90 Å². The minimum atomic E-state index is -3.59. The molecule has 1 heterocycles. The number of hydrogen-bond acceptors (Lipinski definition) is 6. The molecule has 0 aliphatic carbocycles. The molecule has 8 heteroatoms. The monoisotopic (exact) mass is 474 g/mol. The van der Waals surface area contributed by atoms with Crippen molar-refractivity contribution in [1.29, 1.82) is 10.5 Å². The molecule has 0 radical (unpaired) electrons. The van der Waals surface area contributed by atoms with E-state index >= 15 is 0 Å². The first-order valence-corrected chi connectivity index (χ1v) is 12.4. The third-order valence-electron chi connectivity index (χ3n) is 5.44. The van der Waals surface area contributed by atoms with Crippen molar-refractivity contribution in [3.63, 3.8) is 0 Å². The van der Waals surface area contributed by atoms with Crippen LogP contribution in [0.1, 0.15) is 28.7 Å². The highest BCUT2D eigenvalue weighted by Crippen LogP contribution is 2.25. The van der Waals surface area contributed by atoms with Crippen LogP contribution < -0.4 is 0 Å². The summed E-state index contributed by atoms with van der Waals surface area (Å²) >= 11 is 0. The molecule has 0 N–H and O–H groups in total. The number of carbonyl (C=O) groups excluding carboxylic acids is 1. The van der Waals surface area contributed by atoms with Crippen LogP contribution in [0.4, 0.5) is 0 Å². The number of Topliss-reactive ketones (excluding diaryl/α,β-unsaturated/α-hetero) is 1. The van der Waals surface area contributed by atoms with Crippen molar-refractivity contribution < 1.29 is 13.2 Å². The van der Waals surface area contributed by atoms with Crippen LogP contribution in [0, 0.1) is 22.7 Å². The quantitative estimate of drug-likeness (QED) is 0.571. The van der Waals surface area contributed by atoms with E-state index in [1.807, 2.05) is 19.0 Å². The number of benzene rings is 2. The lowest BCUT2D eigenvalue weighted by Gasteiger charge is -2.29. The molecule has 1 saturated heterocycles. The van der Waals surface area contributed by atoms with Crippen molar-refractivity contribution >= 4 is 28.0 Å². The van der Waals surface area contributed by atoms with E-state index in [0.717, 1.165) is 0 Å². The topological polar surface area (TPSA) is 105 Å². The fourth-order valence-corrected chi connectivity index (χ4v) is 5.03. The number of piperidine rings is 1. The summed E-state index contributed by atoms with van der Waals surface area (Å²) in [5, 5.41) is 18.0. The Labute approximate surface area is 200 Å². The van der Waals surface area contributed by atoms with Crippen LogP contribution in [0.15, 0.2) is 59.7 Å². The van der Waals surface area contributed by atoms with Gasteiger partial charge in [0.1, 0.15) is 0 Å². The van der Waals surface area contributed by atoms with Gasteiger partial charge in [-0.05, 0) is 74.6 Å². The Morgan fingerprint density at radius 2 is 1.32 bits per heavy atom. The Bertz CT molecular complexity index is 1210. The van der Waals surface area contributed by atoms with Gasteiger partial charge in [-0.3, -0.25) is 4.79 Å². The molecule has 3 rings (SSSR count). The fourth-order valence-electron chi connectivity index (χ4n) is 3.61. The van der Waals surface area contributed by atoms with Crippen LogP contribution >= 0.6 is 0 Å². The Hall–Kier alpha value is -3.56. The molecule has 0 atom stereocenters. The molecule has 0 aromatic heterocycles. The summed E-state index contributed by atoms with van der Waals surface area (Å²) in [6.07, 6.45) is 3.85. The van der Waals surface area contributed by atoms with Crippen LogP contribution in [0.5, 0.6) is 0 Å². The number of nitrogens with zero attached hydrogens (tertiary/aromatic N) is 4. The zero-order valence-electron chi connectivity index (χ0n) is 19.2. The lowest BCUT2D eigenvalue weighted by molar-refractivity contribution is -0.113. The molecule has 0 saturated carbocycles. The average Bonchev–Trinajstić information content (AvgIpc) is 2.82. The van der Waals surface area contributed by atoms with Crippen molar-refractivity contribution in [2.24, 2.45) is 0 Å². The van der Waals surface area contributed by atoms with Gasteiger partial charge in [-0.25, -0.2) is 8.42 Å². The second-order valence-electron chi connectivity index (χ2n) is 8.38. The van der Waals surface area contributed by atoms with Gasteiger partial charge in [-0.2, -0.15) is 14.8 Å². The number of sulfonamides is 1. The van der Waals surface area contributed by atoms with E-state index in [4.69, 9.17) is 10.5 Å².